The van der Waals surface area contributed by atoms with E-state index in [4.69, 9.17) is 11.6 Å². The predicted octanol–water partition coefficient (Wildman–Crippen LogP) is 4.73. The molecule has 3 rings (SSSR count). The van der Waals surface area contributed by atoms with E-state index >= 15 is 0 Å². The summed E-state index contributed by atoms with van der Waals surface area (Å²) in [6.07, 6.45) is 0.979. The third-order valence-electron chi connectivity index (χ3n) is 3.20. The first kappa shape index (κ1) is 13.6. The molecule has 1 heterocycles. The number of benzene rings is 2. The summed E-state index contributed by atoms with van der Waals surface area (Å²) in [5.74, 6) is 0. The lowest BCUT2D eigenvalue weighted by Crippen LogP contribution is -2.00. The summed E-state index contributed by atoms with van der Waals surface area (Å²) in [5, 5.41) is 12.1. The molecule has 1 atom stereocenters. The summed E-state index contributed by atoms with van der Waals surface area (Å²) >= 11 is 9.55. The summed E-state index contributed by atoms with van der Waals surface area (Å²) in [5.41, 5.74) is 2.32. The van der Waals surface area contributed by atoms with Crippen LogP contribution in [0.4, 0.5) is 0 Å². The lowest BCUT2D eigenvalue weighted by Gasteiger charge is -2.14. The van der Waals surface area contributed by atoms with Crippen LogP contribution in [-0.2, 0) is 0 Å². The van der Waals surface area contributed by atoms with E-state index in [0.29, 0.717) is 10.6 Å². The second kappa shape index (κ2) is 5.52. The lowest BCUT2D eigenvalue weighted by molar-refractivity contribution is 0.220. The number of hydrogen-bond donors (Lipinski definition) is 1. The minimum atomic E-state index is -0.762. The summed E-state index contributed by atoms with van der Waals surface area (Å²) in [4.78, 5) is 4.30. The summed E-state index contributed by atoms with van der Waals surface area (Å²) in [7, 11) is 0. The molecular formula is C16H11BrClNO. The van der Waals surface area contributed by atoms with Crippen molar-refractivity contribution in [1.29, 1.82) is 0 Å². The van der Waals surface area contributed by atoms with Gasteiger partial charge in [-0.2, -0.15) is 0 Å². The molecular weight excluding hydrogens is 338 g/mol. The van der Waals surface area contributed by atoms with Crippen molar-refractivity contribution in [3.63, 3.8) is 0 Å². The van der Waals surface area contributed by atoms with E-state index in [2.05, 4.69) is 20.9 Å². The van der Waals surface area contributed by atoms with Gasteiger partial charge in [0, 0.05) is 26.6 Å². The third kappa shape index (κ3) is 2.57. The topological polar surface area (TPSA) is 33.1 Å². The molecule has 2 aromatic carbocycles. The van der Waals surface area contributed by atoms with Crippen molar-refractivity contribution < 1.29 is 5.11 Å². The van der Waals surface area contributed by atoms with Crippen LogP contribution >= 0.6 is 27.5 Å². The zero-order chi connectivity index (χ0) is 14.1. The van der Waals surface area contributed by atoms with E-state index in [0.717, 1.165) is 20.9 Å². The zero-order valence-corrected chi connectivity index (χ0v) is 12.8. The molecule has 100 valence electrons. The highest BCUT2D eigenvalue weighted by Gasteiger charge is 2.14. The maximum Gasteiger partial charge on any atom is 0.106 e. The van der Waals surface area contributed by atoms with Gasteiger partial charge in [0.25, 0.3) is 0 Å². The van der Waals surface area contributed by atoms with E-state index in [-0.39, 0.29) is 0 Å². The molecule has 0 aliphatic carbocycles. The van der Waals surface area contributed by atoms with Gasteiger partial charge in [0.15, 0.2) is 0 Å². The van der Waals surface area contributed by atoms with E-state index in [9.17, 15) is 5.11 Å². The van der Waals surface area contributed by atoms with Gasteiger partial charge in [-0.05, 0) is 29.8 Å². The Balaban J connectivity index is 2.05. The van der Waals surface area contributed by atoms with Crippen LogP contribution in [0.2, 0.25) is 5.02 Å². The molecule has 4 heteroatoms. The first-order chi connectivity index (χ1) is 9.65. The minimum absolute atomic E-state index is 0.535. The molecule has 0 fully saturated rings. The van der Waals surface area contributed by atoms with Gasteiger partial charge in [-0.1, -0.05) is 51.8 Å². The number of pyridine rings is 1. The Bertz CT molecular complexity index is 775. The van der Waals surface area contributed by atoms with Crippen LogP contribution in [0.3, 0.4) is 0 Å². The van der Waals surface area contributed by atoms with Gasteiger partial charge in [0.1, 0.15) is 6.10 Å². The molecule has 1 aromatic heterocycles. The van der Waals surface area contributed by atoms with Crippen molar-refractivity contribution in [2.24, 2.45) is 0 Å². The fourth-order valence-electron chi connectivity index (χ4n) is 2.16. The van der Waals surface area contributed by atoms with Crippen LogP contribution in [0.1, 0.15) is 17.2 Å². The molecule has 0 bridgehead atoms. The normalized spacial score (nSPS) is 12.6. The Labute approximate surface area is 130 Å². The number of aliphatic hydroxyl groups is 1. The molecule has 3 aromatic rings. The maximum atomic E-state index is 10.5. The number of hydrogen-bond acceptors (Lipinski definition) is 2. The Morgan fingerprint density at radius 2 is 1.95 bits per heavy atom. The largest absolute Gasteiger partial charge is 0.384 e. The van der Waals surface area contributed by atoms with Crippen molar-refractivity contribution in [1.82, 2.24) is 4.98 Å². The smallest absolute Gasteiger partial charge is 0.106 e. The standard InChI is InChI=1S/C16H11BrClNO/c17-12-5-6-13(14(18)9-12)16(20)11-4-3-10-2-1-7-19-15(10)8-11/h1-9,16,20H. The van der Waals surface area contributed by atoms with Gasteiger partial charge in [0.2, 0.25) is 0 Å². The second-order valence-corrected chi connectivity index (χ2v) is 5.85. The number of aliphatic hydroxyl groups excluding tert-OH is 1. The maximum absolute atomic E-state index is 10.5. The summed E-state index contributed by atoms with van der Waals surface area (Å²) < 4.78 is 0.888. The molecule has 1 unspecified atom stereocenters. The van der Waals surface area contributed by atoms with Crippen molar-refractivity contribution in [3.8, 4) is 0 Å². The average molecular weight is 349 g/mol. The molecule has 0 radical (unpaired) electrons. The molecule has 2 nitrogen and oxygen atoms in total. The van der Waals surface area contributed by atoms with Crippen LogP contribution in [-0.4, -0.2) is 10.1 Å². The van der Waals surface area contributed by atoms with Gasteiger partial charge in [-0.3, -0.25) is 4.98 Å². The number of halogens is 2. The van der Waals surface area contributed by atoms with Crippen LogP contribution in [0.25, 0.3) is 10.9 Å². The van der Waals surface area contributed by atoms with E-state index in [1.54, 1.807) is 12.3 Å². The van der Waals surface area contributed by atoms with E-state index in [1.807, 2.05) is 42.5 Å². The Morgan fingerprint density at radius 1 is 1.10 bits per heavy atom. The molecule has 20 heavy (non-hydrogen) atoms. The highest BCUT2D eigenvalue weighted by atomic mass is 79.9. The van der Waals surface area contributed by atoms with Gasteiger partial charge in [-0.15, -0.1) is 0 Å². The quantitative estimate of drug-likeness (QED) is 0.726. The average Bonchev–Trinajstić information content (AvgIpc) is 2.46. The second-order valence-electron chi connectivity index (χ2n) is 4.52. The number of rotatable bonds is 2. The number of nitrogens with zero attached hydrogens (tertiary/aromatic N) is 1. The fraction of sp³-hybridized carbons (Fsp3) is 0.0625. The fourth-order valence-corrected chi connectivity index (χ4v) is 2.93. The zero-order valence-electron chi connectivity index (χ0n) is 10.4. The number of aromatic nitrogens is 1. The molecule has 0 saturated heterocycles. The highest BCUT2D eigenvalue weighted by Crippen LogP contribution is 2.31. The highest BCUT2D eigenvalue weighted by molar-refractivity contribution is 9.10. The van der Waals surface area contributed by atoms with Crippen molar-refractivity contribution in [2.75, 3.05) is 0 Å². The first-order valence-corrected chi connectivity index (χ1v) is 7.30. The third-order valence-corrected chi connectivity index (χ3v) is 4.02. The lowest BCUT2D eigenvalue weighted by atomic mass is 10.0. The molecule has 0 spiro atoms. The molecule has 1 N–H and O–H groups in total. The minimum Gasteiger partial charge on any atom is -0.384 e. The number of fused-ring (bicyclic) bond motifs is 1. The Morgan fingerprint density at radius 3 is 2.75 bits per heavy atom. The first-order valence-electron chi connectivity index (χ1n) is 6.13. The van der Waals surface area contributed by atoms with Gasteiger partial charge in [-0.25, -0.2) is 0 Å². The van der Waals surface area contributed by atoms with Crippen molar-refractivity contribution in [2.45, 2.75) is 6.10 Å². The van der Waals surface area contributed by atoms with Crippen LogP contribution in [0, 0.1) is 0 Å². The van der Waals surface area contributed by atoms with Crippen molar-refractivity contribution >= 4 is 38.4 Å². The SMILES string of the molecule is OC(c1ccc2cccnc2c1)c1ccc(Br)cc1Cl. The predicted molar refractivity (Wildman–Crippen MR) is 85.0 cm³/mol. The van der Waals surface area contributed by atoms with Crippen LogP contribution < -0.4 is 0 Å². The molecule has 0 aliphatic rings. The van der Waals surface area contributed by atoms with Crippen LogP contribution in [0.15, 0.2) is 59.2 Å². The molecule has 0 saturated carbocycles. The Kier molecular flexibility index (Phi) is 3.74. The summed E-state index contributed by atoms with van der Waals surface area (Å²) in [6, 6.07) is 15.1. The summed E-state index contributed by atoms with van der Waals surface area (Å²) in [6.45, 7) is 0. The van der Waals surface area contributed by atoms with E-state index in [1.165, 1.54) is 0 Å². The van der Waals surface area contributed by atoms with Crippen molar-refractivity contribution in [3.05, 3.63) is 75.4 Å². The van der Waals surface area contributed by atoms with Gasteiger partial charge >= 0.3 is 0 Å². The van der Waals surface area contributed by atoms with Crippen LogP contribution in [0.5, 0.6) is 0 Å². The Hall–Kier alpha value is -1.42. The van der Waals surface area contributed by atoms with E-state index < -0.39 is 6.10 Å². The monoisotopic (exact) mass is 347 g/mol. The molecule has 0 amide bonds. The van der Waals surface area contributed by atoms with Gasteiger partial charge in [0.05, 0.1) is 5.52 Å². The molecule has 0 aliphatic heterocycles. The van der Waals surface area contributed by atoms with Gasteiger partial charge < -0.3 is 5.11 Å².